The third kappa shape index (κ3) is 4.42. The topological polar surface area (TPSA) is 55.4 Å². The first-order chi connectivity index (χ1) is 10.9. The molecule has 0 aliphatic rings. The summed E-state index contributed by atoms with van der Waals surface area (Å²) in [5, 5.41) is 2.81. The molecule has 0 fully saturated rings. The van der Waals surface area contributed by atoms with E-state index in [-0.39, 0.29) is 12.0 Å². The Labute approximate surface area is 136 Å². The number of anilines is 1. The molecule has 0 spiro atoms. The molecule has 0 unspecified atom stereocenters. The summed E-state index contributed by atoms with van der Waals surface area (Å²) in [6.07, 6.45) is -0.184. The lowest BCUT2D eigenvalue weighted by molar-refractivity contribution is 0.0378. The fourth-order valence-electron chi connectivity index (χ4n) is 2.09. The Hall–Kier alpha value is -2.62. The van der Waals surface area contributed by atoms with Crippen LogP contribution in [0.3, 0.4) is 0 Å². The minimum Gasteiger partial charge on any atom is -0.459 e. The first-order valence-corrected chi connectivity index (χ1v) is 7.56. The third-order valence-electron chi connectivity index (χ3n) is 3.47. The van der Waals surface area contributed by atoms with Crippen LogP contribution in [0.25, 0.3) is 0 Å². The van der Waals surface area contributed by atoms with Crippen LogP contribution in [0.1, 0.15) is 45.7 Å². The molecular formula is C19H21NO3. The molecule has 4 nitrogen and oxygen atoms in total. The highest BCUT2D eigenvalue weighted by molar-refractivity contribution is 6.05. The maximum atomic E-state index is 12.3. The number of carbonyl (C=O) groups is 2. The fourth-order valence-corrected chi connectivity index (χ4v) is 2.09. The molecule has 0 heterocycles. The van der Waals surface area contributed by atoms with Gasteiger partial charge in [0, 0.05) is 11.3 Å². The van der Waals surface area contributed by atoms with E-state index in [0.29, 0.717) is 16.8 Å². The second-order valence-corrected chi connectivity index (χ2v) is 5.79. The van der Waals surface area contributed by atoms with E-state index in [1.807, 2.05) is 26.0 Å². The third-order valence-corrected chi connectivity index (χ3v) is 3.47. The van der Waals surface area contributed by atoms with Gasteiger partial charge in [0.15, 0.2) is 0 Å². The molecule has 1 amide bonds. The van der Waals surface area contributed by atoms with Crippen LogP contribution in [0.2, 0.25) is 0 Å². The van der Waals surface area contributed by atoms with E-state index < -0.39 is 5.97 Å². The molecule has 120 valence electrons. The molecule has 1 N–H and O–H groups in total. The molecule has 2 aromatic rings. The minimum atomic E-state index is -0.401. The Kier molecular flexibility index (Phi) is 5.16. The smallest absolute Gasteiger partial charge is 0.338 e. The van der Waals surface area contributed by atoms with Crippen LogP contribution < -0.4 is 5.32 Å². The van der Waals surface area contributed by atoms with Crippen molar-refractivity contribution in [1.82, 2.24) is 0 Å². The van der Waals surface area contributed by atoms with E-state index in [4.69, 9.17) is 4.74 Å². The summed E-state index contributed by atoms with van der Waals surface area (Å²) in [5.41, 5.74) is 3.76. The van der Waals surface area contributed by atoms with Crippen molar-refractivity contribution in [1.29, 1.82) is 0 Å². The lowest BCUT2D eigenvalue weighted by atomic mass is 10.1. The van der Waals surface area contributed by atoms with E-state index in [9.17, 15) is 9.59 Å². The van der Waals surface area contributed by atoms with Crippen molar-refractivity contribution in [3.8, 4) is 0 Å². The number of aryl methyl sites for hydroxylation is 2. The summed E-state index contributed by atoms with van der Waals surface area (Å²) in [7, 11) is 0. The standard InChI is InChI=1S/C19H21NO3/c1-12(2)23-19(22)16-6-5-7-17(11-16)20-18(21)15-9-8-13(3)14(4)10-15/h5-12H,1-4H3,(H,20,21). The molecule has 0 saturated carbocycles. The number of rotatable bonds is 4. The maximum absolute atomic E-state index is 12.3. The highest BCUT2D eigenvalue weighted by Crippen LogP contribution is 2.15. The summed E-state index contributed by atoms with van der Waals surface area (Å²) in [5.74, 6) is -0.607. The van der Waals surface area contributed by atoms with E-state index in [1.165, 1.54) is 0 Å². The van der Waals surface area contributed by atoms with Crippen LogP contribution >= 0.6 is 0 Å². The second kappa shape index (κ2) is 7.09. The summed E-state index contributed by atoms with van der Waals surface area (Å²) >= 11 is 0. The lowest BCUT2D eigenvalue weighted by Crippen LogP contribution is -2.14. The normalized spacial score (nSPS) is 10.5. The second-order valence-electron chi connectivity index (χ2n) is 5.79. The van der Waals surface area contributed by atoms with Gasteiger partial charge in [-0.15, -0.1) is 0 Å². The Morgan fingerprint density at radius 2 is 1.70 bits per heavy atom. The van der Waals surface area contributed by atoms with Crippen molar-refractivity contribution < 1.29 is 14.3 Å². The monoisotopic (exact) mass is 311 g/mol. The number of ether oxygens (including phenoxy) is 1. The van der Waals surface area contributed by atoms with Crippen LogP contribution in [0.5, 0.6) is 0 Å². The minimum absolute atomic E-state index is 0.184. The zero-order valence-corrected chi connectivity index (χ0v) is 13.8. The number of nitrogens with one attached hydrogen (secondary N) is 1. The molecule has 0 aliphatic heterocycles. The van der Waals surface area contributed by atoms with Crippen LogP contribution in [0, 0.1) is 13.8 Å². The van der Waals surface area contributed by atoms with Gasteiger partial charge in [-0.05, 0) is 69.2 Å². The number of carbonyl (C=O) groups excluding carboxylic acids is 2. The van der Waals surface area contributed by atoms with Gasteiger partial charge in [-0.25, -0.2) is 4.79 Å². The van der Waals surface area contributed by atoms with Gasteiger partial charge in [0.1, 0.15) is 0 Å². The van der Waals surface area contributed by atoms with Gasteiger partial charge in [-0.1, -0.05) is 12.1 Å². The largest absolute Gasteiger partial charge is 0.459 e. The fraction of sp³-hybridized carbons (Fsp3) is 0.263. The highest BCUT2D eigenvalue weighted by atomic mass is 16.5. The van der Waals surface area contributed by atoms with Gasteiger partial charge in [-0.2, -0.15) is 0 Å². The van der Waals surface area contributed by atoms with Crippen LogP contribution in [-0.4, -0.2) is 18.0 Å². The molecule has 4 heteroatoms. The number of esters is 1. The van der Waals surface area contributed by atoms with E-state index in [2.05, 4.69) is 5.32 Å². The molecule has 0 radical (unpaired) electrons. The van der Waals surface area contributed by atoms with E-state index >= 15 is 0 Å². The van der Waals surface area contributed by atoms with Gasteiger partial charge >= 0.3 is 5.97 Å². The van der Waals surface area contributed by atoms with E-state index in [1.54, 1.807) is 44.2 Å². The molecule has 23 heavy (non-hydrogen) atoms. The molecule has 0 aliphatic carbocycles. The SMILES string of the molecule is Cc1ccc(C(=O)Nc2cccc(C(=O)OC(C)C)c2)cc1C. The number of hydrogen-bond acceptors (Lipinski definition) is 3. The van der Waals surface area contributed by atoms with E-state index in [0.717, 1.165) is 11.1 Å². The zero-order valence-electron chi connectivity index (χ0n) is 13.8. The predicted octanol–water partition coefficient (Wildman–Crippen LogP) is 4.12. The quantitative estimate of drug-likeness (QED) is 0.864. The predicted molar refractivity (Wildman–Crippen MR) is 90.9 cm³/mol. The van der Waals surface area contributed by atoms with Gasteiger partial charge < -0.3 is 10.1 Å². The first kappa shape index (κ1) is 16.7. The first-order valence-electron chi connectivity index (χ1n) is 7.56. The summed E-state index contributed by atoms with van der Waals surface area (Å²) in [4.78, 5) is 24.2. The molecular weight excluding hydrogens is 290 g/mol. The van der Waals surface area contributed by atoms with Gasteiger partial charge in [0.2, 0.25) is 0 Å². The van der Waals surface area contributed by atoms with Crippen LogP contribution in [0.15, 0.2) is 42.5 Å². The van der Waals surface area contributed by atoms with Crippen molar-refractivity contribution in [2.24, 2.45) is 0 Å². The highest BCUT2D eigenvalue weighted by Gasteiger charge is 2.11. The van der Waals surface area contributed by atoms with Crippen LogP contribution in [-0.2, 0) is 4.74 Å². The summed E-state index contributed by atoms with van der Waals surface area (Å²) in [6, 6.07) is 12.3. The van der Waals surface area contributed by atoms with Crippen molar-refractivity contribution in [2.45, 2.75) is 33.8 Å². The zero-order chi connectivity index (χ0) is 17.0. The number of amides is 1. The van der Waals surface area contributed by atoms with Crippen molar-refractivity contribution in [3.05, 3.63) is 64.7 Å². The number of benzene rings is 2. The average Bonchev–Trinajstić information content (AvgIpc) is 2.49. The van der Waals surface area contributed by atoms with Crippen LogP contribution in [0.4, 0.5) is 5.69 Å². The van der Waals surface area contributed by atoms with Gasteiger partial charge in [0.25, 0.3) is 5.91 Å². The van der Waals surface area contributed by atoms with Crippen molar-refractivity contribution in [3.63, 3.8) is 0 Å². The Balaban J connectivity index is 2.15. The molecule has 0 aromatic heterocycles. The Bertz CT molecular complexity index is 735. The van der Waals surface area contributed by atoms with Crippen molar-refractivity contribution >= 4 is 17.6 Å². The van der Waals surface area contributed by atoms with Gasteiger partial charge in [0.05, 0.1) is 11.7 Å². The molecule has 0 atom stereocenters. The summed E-state index contributed by atoms with van der Waals surface area (Å²) < 4.78 is 5.16. The lowest BCUT2D eigenvalue weighted by Gasteiger charge is -2.10. The van der Waals surface area contributed by atoms with Gasteiger partial charge in [-0.3, -0.25) is 4.79 Å². The molecule has 2 rings (SSSR count). The molecule has 0 saturated heterocycles. The Morgan fingerprint density at radius 3 is 2.35 bits per heavy atom. The maximum Gasteiger partial charge on any atom is 0.338 e. The molecule has 0 bridgehead atoms. The average molecular weight is 311 g/mol. The Morgan fingerprint density at radius 1 is 0.957 bits per heavy atom. The summed E-state index contributed by atoms with van der Waals surface area (Å²) in [6.45, 7) is 7.56. The number of hydrogen-bond donors (Lipinski definition) is 1. The molecule has 2 aromatic carbocycles. The van der Waals surface area contributed by atoms with Crippen molar-refractivity contribution in [2.75, 3.05) is 5.32 Å².